The summed E-state index contributed by atoms with van der Waals surface area (Å²) in [5.41, 5.74) is 0.564. The van der Waals surface area contributed by atoms with Crippen LogP contribution < -0.4 is 0 Å². The van der Waals surface area contributed by atoms with Crippen LogP contribution in [0.2, 0.25) is 0 Å². The van der Waals surface area contributed by atoms with Crippen molar-refractivity contribution in [1.29, 1.82) is 5.26 Å². The molecule has 1 N–H and O–H groups in total. The lowest BCUT2D eigenvalue weighted by molar-refractivity contribution is -0.137. The average molecular weight is 292 g/mol. The number of aliphatic carboxylic acids is 1. The highest BCUT2D eigenvalue weighted by molar-refractivity contribution is 5.77. The van der Waals surface area contributed by atoms with Gasteiger partial charge in [0.2, 0.25) is 5.91 Å². The van der Waals surface area contributed by atoms with Gasteiger partial charge in [-0.3, -0.25) is 9.59 Å². The number of carboxylic acid groups (broad SMARTS) is 1. The van der Waals surface area contributed by atoms with Crippen LogP contribution >= 0.6 is 0 Å². The Hall–Kier alpha value is -2.42. The van der Waals surface area contributed by atoms with E-state index in [9.17, 15) is 14.0 Å². The average Bonchev–Trinajstić information content (AvgIpc) is 2.45. The van der Waals surface area contributed by atoms with E-state index in [2.05, 4.69) is 0 Å². The third-order valence-electron chi connectivity index (χ3n) is 3.06. The van der Waals surface area contributed by atoms with Crippen molar-refractivity contribution < 1.29 is 19.1 Å². The van der Waals surface area contributed by atoms with Crippen molar-refractivity contribution in [3.63, 3.8) is 0 Å². The Kier molecular flexibility index (Phi) is 6.34. The van der Waals surface area contributed by atoms with Crippen LogP contribution in [0.25, 0.3) is 0 Å². The van der Waals surface area contributed by atoms with E-state index >= 15 is 0 Å². The number of carbonyl (C=O) groups excluding carboxylic acids is 1. The number of benzene rings is 1. The normalized spacial score (nSPS) is 9.95. The van der Waals surface area contributed by atoms with Crippen LogP contribution in [0.5, 0.6) is 0 Å². The molecule has 1 aromatic rings. The van der Waals surface area contributed by atoms with Gasteiger partial charge in [0, 0.05) is 31.5 Å². The molecule has 0 aromatic heterocycles. The topological polar surface area (TPSA) is 81.4 Å². The van der Waals surface area contributed by atoms with E-state index in [0.717, 1.165) is 6.07 Å². The molecule has 0 heterocycles. The molecular weight excluding hydrogens is 275 g/mol. The summed E-state index contributed by atoms with van der Waals surface area (Å²) in [5, 5.41) is 17.2. The summed E-state index contributed by atoms with van der Waals surface area (Å²) >= 11 is 0. The van der Waals surface area contributed by atoms with E-state index in [0.29, 0.717) is 12.1 Å². The van der Waals surface area contributed by atoms with Gasteiger partial charge in [0.05, 0.1) is 11.6 Å². The Morgan fingerprint density at radius 3 is 2.62 bits per heavy atom. The first-order chi connectivity index (χ1) is 9.97. The molecule has 0 spiro atoms. The molecule has 1 aromatic carbocycles. The fourth-order valence-corrected chi connectivity index (χ4v) is 1.88. The van der Waals surface area contributed by atoms with Gasteiger partial charge in [-0.25, -0.2) is 4.39 Å². The van der Waals surface area contributed by atoms with Gasteiger partial charge in [-0.1, -0.05) is 6.07 Å². The van der Waals surface area contributed by atoms with E-state index in [1.165, 1.54) is 17.0 Å². The summed E-state index contributed by atoms with van der Waals surface area (Å²) in [4.78, 5) is 23.8. The number of hydrogen-bond donors (Lipinski definition) is 1. The zero-order chi connectivity index (χ0) is 15.8. The van der Waals surface area contributed by atoms with Crippen LogP contribution in [0.1, 0.15) is 37.3 Å². The standard InChI is InChI=1S/C15H17FN2O3/c1-2-18(14(19)4-3-5-15(20)21)10-12-7-6-11(9-17)8-13(12)16/h6-8H,2-5,10H2,1H3,(H,20,21). The largest absolute Gasteiger partial charge is 0.481 e. The van der Waals surface area contributed by atoms with Crippen LogP contribution in [-0.4, -0.2) is 28.4 Å². The van der Waals surface area contributed by atoms with Crippen molar-refractivity contribution in [2.75, 3.05) is 6.54 Å². The number of halogens is 1. The third-order valence-corrected chi connectivity index (χ3v) is 3.06. The molecule has 0 unspecified atom stereocenters. The molecule has 0 saturated heterocycles. The molecule has 0 aliphatic carbocycles. The molecule has 1 amide bonds. The van der Waals surface area contributed by atoms with E-state index in [4.69, 9.17) is 10.4 Å². The van der Waals surface area contributed by atoms with Gasteiger partial charge in [-0.05, 0) is 25.5 Å². The lowest BCUT2D eigenvalue weighted by Gasteiger charge is -2.21. The SMILES string of the molecule is CCN(Cc1ccc(C#N)cc1F)C(=O)CCCC(=O)O. The molecule has 0 fully saturated rings. The number of carbonyl (C=O) groups is 2. The summed E-state index contributed by atoms with van der Waals surface area (Å²) in [6.07, 6.45) is 0.326. The van der Waals surface area contributed by atoms with E-state index in [1.807, 2.05) is 6.07 Å². The van der Waals surface area contributed by atoms with Gasteiger partial charge in [-0.2, -0.15) is 5.26 Å². The Morgan fingerprint density at radius 1 is 1.38 bits per heavy atom. The number of amides is 1. The van der Waals surface area contributed by atoms with Crippen LogP contribution in [0.4, 0.5) is 4.39 Å². The first kappa shape index (κ1) is 16.6. The minimum atomic E-state index is -0.941. The quantitative estimate of drug-likeness (QED) is 0.836. The molecule has 0 bridgehead atoms. The van der Waals surface area contributed by atoms with E-state index in [1.54, 1.807) is 6.92 Å². The van der Waals surface area contributed by atoms with Gasteiger partial charge >= 0.3 is 5.97 Å². The number of carboxylic acids is 1. The maximum Gasteiger partial charge on any atom is 0.303 e. The van der Waals surface area contributed by atoms with Gasteiger partial charge in [0.1, 0.15) is 5.82 Å². The maximum absolute atomic E-state index is 13.8. The summed E-state index contributed by atoms with van der Waals surface area (Å²) in [7, 11) is 0. The highest BCUT2D eigenvalue weighted by Gasteiger charge is 2.14. The van der Waals surface area contributed by atoms with Crippen LogP contribution in [0.15, 0.2) is 18.2 Å². The summed E-state index contributed by atoms with van der Waals surface area (Å²) < 4.78 is 13.8. The van der Waals surface area contributed by atoms with Crippen molar-refractivity contribution in [1.82, 2.24) is 4.90 Å². The van der Waals surface area contributed by atoms with E-state index in [-0.39, 0.29) is 37.3 Å². The minimum absolute atomic E-state index is 0.0610. The predicted octanol–water partition coefficient (Wildman–Crippen LogP) is 2.30. The number of nitrogens with zero attached hydrogens (tertiary/aromatic N) is 2. The Morgan fingerprint density at radius 2 is 2.10 bits per heavy atom. The van der Waals surface area contributed by atoms with Gasteiger partial charge < -0.3 is 10.0 Å². The number of nitriles is 1. The predicted molar refractivity (Wildman–Crippen MR) is 73.7 cm³/mol. The monoisotopic (exact) mass is 292 g/mol. The molecule has 0 aliphatic heterocycles. The number of hydrogen-bond acceptors (Lipinski definition) is 3. The zero-order valence-corrected chi connectivity index (χ0v) is 11.8. The van der Waals surface area contributed by atoms with Crippen LogP contribution in [0.3, 0.4) is 0 Å². The van der Waals surface area contributed by atoms with Gasteiger partial charge in [0.25, 0.3) is 0 Å². The smallest absolute Gasteiger partial charge is 0.303 e. The van der Waals surface area contributed by atoms with Crippen molar-refractivity contribution in [3.05, 3.63) is 35.1 Å². The molecule has 21 heavy (non-hydrogen) atoms. The molecule has 1 rings (SSSR count). The molecular formula is C15H17FN2O3. The lowest BCUT2D eigenvalue weighted by Crippen LogP contribution is -2.30. The molecule has 6 heteroatoms. The van der Waals surface area contributed by atoms with Gasteiger partial charge in [-0.15, -0.1) is 0 Å². The van der Waals surface area contributed by atoms with Crippen molar-refractivity contribution in [3.8, 4) is 6.07 Å². The van der Waals surface area contributed by atoms with Crippen LogP contribution in [-0.2, 0) is 16.1 Å². The summed E-state index contributed by atoms with van der Waals surface area (Å²) in [5.74, 6) is -1.67. The molecule has 0 atom stereocenters. The Labute approximate surface area is 122 Å². The fourth-order valence-electron chi connectivity index (χ4n) is 1.88. The lowest BCUT2D eigenvalue weighted by atomic mass is 10.1. The second-order valence-corrected chi connectivity index (χ2v) is 4.57. The first-order valence-corrected chi connectivity index (χ1v) is 6.66. The van der Waals surface area contributed by atoms with Gasteiger partial charge in [0.15, 0.2) is 0 Å². The molecule has 0 radical (unpaired) electrons. The molecule has 112 valence electrons. The second kappa shape index (κ2) is 8.00. The zero-order valence-electron chi connectivity index (χ0n) is 11.8. The molecule has 0 saturated carbocycles. The minimum Gasteiger partial charge on any atom is -0.481 e. The fraction of sp³-hybridized carbons (Fsp3) is 0.400. The maximum atomic E-state index is 13.8. The summed E-state index contributed by atoms with van der Waals surface area (Å²) in [6.45, 7) is 2.29. The number of rotatable bonds is 7. The molecule has 5 nitrogen and oxygen atoms in total. The van der Waals surface area contributed by atoms with Crippen molar-refractivity contribution >= 4 is 11.9 Å². The molecule has 0 aliphatic rings. The summed E-state index contributed by atoms with van der Waals surface area (Å²) in [6, 6.07) is 5.97. The highest BCUT2D eigenvalue weighted by Crippen LogP contribution is 2.14. The highest BCUT2D eigenvalue weighted by atomic mass is 19.1. The van der Waals surface area contributed by atoms with Crippen molar-refractivity contribution in [2.45, 2.75) is 32.7 Å². The third kappa shape index (κ3) is 5.22. The van der Waals surface area contributed by atoms with Crippen LogP contribution in [0, 0.1) is 17.1 Å². The van der Waals surface area contributed by atoms with Crippen molar-refractivity contribution in [2.24, 2.45) is 0 Å². The Balaban J connectivity index is 2.67. The van der Waals surface area contributed by atoms with E-state index < -0.39 is 11.8 Å². The Bertz CT molecular complexity index is 567. The second-order valence-electron chi connectivity index (χ2n) is 4.57. The first-order valence-electron chi connectivity index (χ1n) is 6.66.